The summed E-state index contributed by atoms with van der Waals surface area (Å²) in [6.07, 6.45) is 4.24. The lowest BCUT2D eigenvalue weighted by Crippen LogP contribution is -2.31. The van der Waals surface area contributed by atoms with E-state index in [0.29, 0.717) is 24.4 Å². The van der Waals surface area contributed by atoms with Crippen molar-refractivity contribution < 1.29 is 24.5 Å². The summed E-state index contributed by atoms with van der Waals surface area (Å²) in [7, 11) is 0. The average Bonchev–Trinajstić information content (AvgIpc) is 3.17. The molecule has 0 saturated heterocycles. The zero-order chi connectivity index (χ0) is 21.2. The third kappa shape index (κ3) is 6.95. The third-order valence-corrected chi connectivity index (χ3v) is 5.01. The van der Waals surface area contributed by atoms with Crippen molar-refractivity contribution in [2.24, 2.45) is 0 Å². The number of nitrogens with one attached hydrogen (secondary N) is 1. The number of hydrogen-bond donors (Lipinski definition) is 3. The molecule has 0 spiro atoms. The SMILES string of the molecule is CC1NCCC=C1c1nsnc1OCCC(C)c1ccccc1.O=C(O)C(=O)O. The van der Waals surface area contributed by atoms with Gasteiger partial charge in [0.2, 0.25) is 0 Å². The number of carboxylic acid groups (broad SMARTS) is 2. The number of benzene rings is 1. The lowest BCUT2D eigenvalue weighted by atomic mass is 9.98. The minimum Gasteiger partial charge on any atom is -0.475 e. The van der Waals surface area contributed by atoms with Crippen molar-refractivity contribution in [3.63, 3.8) is 0 Å². The van der Waals surface area contributed by atoms with E-state index in [2.05, 4.69) is 58.3 Å². The molecule has 9 heteroatoms. The van der Waals surface area contributed by atoms with Crippen molar-refractivity contribution in [2.75, 3.05) is 13.2 Å². The molecule has 0 fully saturated rings. The number of carbonyl (C=O) groups is 2. The highest BCUT2D eigenvalue weighted by Crippen LogP contribution is 2.29. The Morgan fingerprint density at radius 3 is 2.55 bits per heavy atom. The molecule has 3 N–H and O–H groups in total. The Hall–Kier alpha value is -2.78. The molecule has 2 heterocycles. The zero-order valence-electron chi connectivity index (χ0n) is 16.4. The summed E-state index contributed by atoms with van der Waals surface area (Å²) in [6, 6.07) is 10.9. The summed E-state index contributed by atoms with van der Waals surface area (Å²) < 4.78 is 14.7. The van der Waals surface area contributed by atoms with Crippen molar-refractivity contribution >= 4 is 29.2 Å². The van der Waals surface area contributed by atoms with E-state index >= 15 is 0 Å². The number of hydrogen-bond acceptors (Lipinski definition) is 7. The van der Waals surface area contributed by atoms with Gasteiger partial charge in [-0.3, -0.25) is 0 Å². The molecule has 0 aliphatic carbocycles. The van der Waals surface area contributed by atoms with Crippen LogP contribution >= 0.6 is 11.7 Å². The van der Waals surface area contributed by atoms with Gasteiger partial charge in [-0.25, -0.2) is 9.59 Å². The van der Waals surface area contributed by atoms with E-state index in [1.807, 2.05) is 6.07 Å². The second-order valence-electron chi connectivity index (χ2n) is 6.60. The van der Waals surface area contributed by atoms with Crippen LogP contribution in [0.2, 0.25) is 0 Å². The Morgan fingerprint density at radius 1 is 1.24 bits per heavy atom. The van der Waals surface area contributed by atoms with Gasteiger partial charge in [-0.2, -0.15) is 4.37 Å². The van der Waals surface area contributed by atoms with E-state index in [9.17, 15) is 0 Å². The highest BCUT2D eigenvalue weighted by molar-refractivity contribution is 6.99. The minimum atomic E-state index is -1.82. The van der Waals surface area contributed by atoms with Crippen LogP contribution in [-0.2, 0) is 9.59 Å². The quantitative estimate of drug-likeness (QED) is 0.611. The van der Waals surface area contributed by atoms with Crippen LogP contribution < -0.4 is 10.1 Å². The number of aliphatic carboxylic acids is 2. The smallest absolute Gasteiger partial charge is 0.414 e. The lowest BCUT2D eigenvalue weighted by Gasteiger charge is -2.21. The van der Waals surface area contributed by atoms with Crippen molar-refractivity contribution in [1.29, 1.82) is 0 Å². The van der Waals surface area contributed by atoms with Crippen molar-refractivity contribution in [1.82, 2.24) is 14.1 Å². The third-order valence-electron chi connectivity index (χ3n) is 4.50. The molecule has 0 radical (unpaired) electrons. The fourth-order valence-corrected chi connectivity index (χ4v) is 3.37. The molecular weight excluding hydrogens is 394 g/mol. The van der Waals surface area contributed by atoms with Crippen molar-refractivity contribution in [3.05, 3.63) is 47.7 Å². The maximum atomic E-state index is 9.10. The van der Waals surface area contributed by atoms with Crippen LogP contribution in [0.4, 0.5) is 0 Å². The van der Waals surface area contributed by atoms with Crippen LogP contribution in [0.25, 0.3) is 5.57 Å². The van der Waals surface area contributed by atoms with E-state index < -0.39 is 11.9 Å². The highest BCUT2D eigenvalue weighted by Gasteiger charge is 2.21. The monoisotopic (exact) mass is 419 g/mol. The first-order chi connectivity index (χ1) is 13.9. The summed E-state index contributed by atoms with van der Waals surface area (Å²) in [5.74, 6) is -2.50. The first kappa shape index (κ1) is 22.5. The number of aromatic nitrogens is 2. The van der Waals surface area contributed by atoms with Crippen LogP contribution in [0.1, 0.15) is 43.9 Å². The van der Waals surface area contributed by atoms with Gasteiger partial charge in [0.05, 0.1) is 18.3 Å². The zero-order valence-corrected chi connectivity index (χ0v) is 17.2. The van der Waals surface area contributed by atoms with E-state index in [4.69, 9.17) is 24.5 Å². The lowest BCUT2D eigenvalue weighted by molar-refractivity contribution is -0.159. The molecule has 1 aliphatic rings. The molecule has 0 amide bonds. The molecular formula is C20H25N3O5S. The molecule has 2 unspecified atom stereocenters. The van der Waals surface area contributed by atoms with Crippen LogP contribution in [0.3, 0.4) is 0 Å². The summed E-state index contributed by atoms with van der Waals surface area (Å²) in [6.45, 7) is 6.07. The Bertz CT molecular complexity index is 826. The molecule has 1 aliphatic heterocycles. The first-order valence-corrected chi connectivity index (χ1v) is 10.0. The summed E-state index contributed by atoms with van der Waals surface area (Å²) in [5.41, 5.74) is 3.46. The molecule has 2 atom stereocenters. The largest absolute Gasteiger partial charge is 0.475 e. The van der Waals surface area contributed by atoms with Crippen molar-refractivity contribution in [3.8, 4) is 5.88 Å². The molecule has 1 aromatic carbocycles. The van der Waals surface area contributed by atoms with Crippen LogP contribution in [0.5, 0.6) is 5.88 Å². The second-order valence-corrected chi connectivity index (χ2v) is 7.13. The summed E-state index contributed by atoms with van der Waals surface area (Å²) in [5, 5.41) is 18.2. The van der Waals surface area contributed by atoms with E-state index in [-0.39, 0.29) is 0 Å². The van der Waals surface area contributed by atoms with Gasteiger partial charge in [0, 0.05) is 6.04 Å². The van der Waals surface area contributed by atoms with Gasteiger partial charge in [-0.05, 0) is 43.4 Å². The van der Waals surface area contributed by atoms with Gasteiger partial charge in [0.25, 0.3) is 5.88 Å². The van der Waals surface area contributed by atoms with Crippen LogP contribution in [0, 0.1) is 0 Å². The van der Waals surface area contributed by atoms with Gasteiger partial charge in [-0.15, -0.1) is 4.37 Å². The number of carboxylic acids is 2. The normalized spacial score (nSPS) is 16.8. The first-order valence-electron chi connectivity index (χ1n) is 9.30. The van der Waals surface area contributed by atoms with Crippen LogP contribution in [-0.4, -0.2) is 50.1 Å². The topological polar surface area (TPSA) is 122 Å². The van der Waals surface area contributed by atoms with E-state index in [0.717, 1.165) is 25.1 Å². The molecule has 29 heavy (non-hydrogen) atoms. The number of nitrogens with zero attached hydrogens (tertiary/aromatic N) is 2. The fraction of sp³-hybridized carbons (Fsp3) is 0.400. The molecule has 1 aromatic heterocycles. The number of rotatable bonds is 6. The van der Waals surface area contributed by atoms with Gasteiger partial charge in [-0.1, -0.05) is 43.3 Å². The molecule has 2 aromatic rings. The van der Waals surface area contributed by atoms with E-state index in [1.54, 1.807) is 0 Å². The maximum absolute atomic E-state index is 9.10. The maximum Gasteiger partial charge on any atom is 0.414 e. The minimum absolute atomic E-state index is 0.304. The highest BCUT2D eigenvalue weighted by atomic mass is 32.1. The molecule has 156 valence electrons. The van der Waals surface area contributed by atoms with Crippen molar-refractivity contribution in [2.45, 2.75) is 38.6 Å². The standard InChI is InChI=1S/C18H23N3OS.C2H2O4/c1-13(15-7-4-3-5-8-15)10-12-22-18-17(20-23-21-18)16-9-6-11-19-14(16)2;3-1(4)2(5)6/h3-5,7-9,13-14,19H,6,10-12H2,1-2H3;(H,3,4)(H,5,6). The Balaban J connectivity index is 0.000000438. The Kier molecular flexibility index (Phi) is 8.75. The molecule has 0 saturated carbocycles. The average molecular weight is 420 g/mol. The Morgan fingerprint density at radius 2 is 1.93 bits per heavy atom. The van der Waals surface area contributed by atoms with Gasteiger partial charge >= 0.3 is 11.9 Å². The summed E-state index contributed by atoms with van der Waals surface area (Å²) >= 11 is 1.22. The fourth-order valence-electron chi connectivity index (χ4n) is 2.85. The van der Waals surface area contributed by atoms with E-state index in [1.165, 1.54) is 22.9 Å². The second kappa shape index (κ2) is 11.3. The predicted octanol–water partition coefficient (Wildman–Crippen LogP) is 3.03. The van der Waals surface area contributed by atoms with Crippen LogP contribution in [0.15, 0.2) is 36.4 Å². The summed E-state index contributed by atoms with van der Waals surface area (Å²) in [4.78, 5) is 18.2. The Labute approximate surface area is 173 Å². The van der Waals surface area contributed by atoms with Gasteiger partial charge in [0.15, 0.2) is 0 Å². The van der Waals surface area contributed by atoms with Gasteiger partial charge in [0.1, 0.15) is 5.69 Å². The molecule has 0 bridgehead atoms. The van der Waals surface area contributed by atoms with Gasteiger partial charge < -0.3 is 20.3 Å². The number of ether oxygens (including phenoxy) is 1. The molecule has 3 rings (SSSR count). The predicted molar refractivity (Wildman–Crippen MR) is 110 cm³/mol. The molecule has 8 nitrogen and oxygen atoms in total.